The molecule has 1 amide bonds. The number of H-pyrrole nitrogens is 1. The molecule has 1 aliphatic heterocycles. The molecule has 1 unspecified atom stereocenters. The normalized spacial score (nSPS) is 15.7. The number of aromatic nitrogens is 5. The fourth-order valence-electron chi connectivity index (χ4n) is 3.48. The second-order valence-corrected chi connectivity index (χ2v) is 6.25. The van der Waals surface area contributed by atoms with Gasteiger partial charge in [-0.05, 0) is 34.9 Å². The molecule has 5 rings (SSSR count). The molecule has 1 aliphatic rings. The van der Waals surface area contributed by atoms with Gasteiger partial charge in [0.25, 0.3) is 5.91 Å². The minimum absolute atomic E-state index is 0.134. The molecule has 0 bridgehead atoms. The van der Waals surface area contributed by atoms with Crippen molar-refractivity contribution in [3.05, 3.63) is 84.0 Å². The molecule has 1 N–H and O–H groups in total. The summed E-state index contributed by atoms with van der Waals surface area (Å²) in [4.78, 5) is 18.9. The number of carbonyl (C=O) groups is 1. The summed E-state index contributed by atoms with van der Waals surface area (Å²) in [6, 6.07) is 9.35. The van der Waals surface area contributed by atoms with Crippen molar-refractivity contribution in [2.75, 3.05) is 0 Å². The first kappa shape index (κ1) is 15.4. The van der Waals surface area contributed by atoms with Gasteiger partial charge >= 0.3 is 0 Å². The zero-order valence-electron chi connectivity index (χ0n) is 14.1. The van der Waals surface area contributed by atoms with Crippen LogP contribution in [-0.4, -0.2) is 36.2 Å². The summed E-state index contributed by atoms with van der Waals surface area (Å²) in [5, 5.41) is 14.5. The van der Waals surface area contributed by atoms with Crippen molar-refractivity contribution in [1.29, 1.82) is 0 Å². The van der Waals surface area contributed by atoms with Gasteiger partial charge < -0.3 is 9.32 Å². The molecule has 27 heavy (non-hydrogen) atoms. The lowest BCUT2D eigenvalue weighted by atomic mass is 9.99. The molecule has 0 spiro atoms. The van der Waals surface area contributed by atoms with E-state index >= 15 is 0 Å². The third-order valence-corrected chi connectivity index (χ3v) is 4.71. The molecule has 4 heterocycles. The predicted molar refractivity (Wildman–Crippen MR) is 94.3 cm³/mol. The lowest BCUT2D eigenvalue weighted by Gasteiger charge is -2.23. The first-order chi connectivity index (χ1) is 13.3. The number of rotatable bonds is 3. The van der Waals surface area contributed by atoms with E-state index in [2.05, 4.69) is 31.4 Å². The standard InChI is InChI=1S/C19H14N6O2/c26-19(13-3-5-21-23-8-13)25-10-14-7-12(16-4-6-22-24-16)1-2-15(14)18(25)17-9-20-11-27-17/h1-9,11,18H,10H2,(H,22,24). The van der Waals surface area contributed by atoms with Crippen LogP contribution in [-0.2, 0) is 6.54 Å². The first-order valence-electron chi connectivity index (χ1n) is 8.40. The monoisotopic (exact) mass is 358 g/mol. The summed E-state index contributed by atoms with van der Waals surface area (Å²) in [5.74, 6) is 0.490. The summed E-state index contributed by atoms with van der Waals surface area (Å²) in [6.45, 7) is 0.462. The number of aromatic amines is 1. The molecular weight excluding hydrogens is 344 g/mol. The second-order valence-electron chi connectivity index (χ2n) is 6.25. The Labute approximate surface area is 153 Å². The first-order valence-corrected chi connectivity index (χ1v) is 8.40. The molecule has 3 aromatic heterocycles. The van der Waals surface area contributed by atoms with Gasteiger partial charge in [-0.2, -0.15) is 15.3 Å². The van der Waals surface area contributed by atoms with Gasteiger partial charge in [0.05, 0.1) is 29.8 Å². The quantitative estimate of drug-likeness (QED) is 0.604. The third kappa shape index (κ3) is 2.58. The number of nitrogens with zero attached hydrogens (tertiary/aromatic N) is 5. The molecule has 0 saturated heterocycles. The van der Waals surface area contributed by atoms with E-state index in [1.54, 1.807) is 23.4 Å². The molecule has 1 atom stereocenters. The Morgan fingerprint density at radius 3 is 2.85 bits per heavy atom. The topological polar surface area (TPSA) is 101 Å². The van der Waals surface area contributed by atoms with E-state index in [0.29, 0.717) is 17.9 Å². The highest BCUT2D eigenvalue weighted by molar-refractivity contribution is 5.94. The van der Waals surface area contributed by atoms with Crippen LogP contribution in [0.1, 0.15) is 33.3 Å². The smallest absolute Gasteiger partial charge is 0.256 e. The Kier molecular flexibility index (Phi) is 3.53. The van der Waals surface area contributed by atoms with Crippen LogP contribution < -0.4 is 0 Å². The number of hydrogen-bond donors (Lipinski definition) is 1. The van der Waals surface area contributed by atoms with Crippen molar-refractivity contribution in [3.8, 4) is 11.3 Å². The average Bonchev–Trinajstić information content (AvgIpc) is 3.47. The van der Waals surface area contributed by atoms with Gasteiger partial charge in [-0.3, -0.25) is 9.89 Å². The maximum Gasteiger partial charge on any atom is 0.256 e. The molecule has 4 aromatic rings. The van der Waals surface area contributed by atoms with Gasteiger partial charge in [-0.15, -0.1) is 0 Å². The highest BCUT2D eigenvalue weighted by Crippen LogP contribution is 2.40. The van der Waals surface area contributed by atoms with Crippen LogP contribution in [0.15, 0.2) is 65.9 Å². The summed E-state index contributed by atoms with van der Waals surface area (Å²) in [7, 11) is 0. The molecule has 132 valence electrons. The molecule has 0 fully saturated rings. The van der Waals surface area contributed by atoms with Crippen LogP contribution in [0, 0.1) is 0 Å². The van der Waals surface area contributed by atoms with Gasteiger partial charge in [-0.1, -0.05) is 12.1 Å². The van der Waals surface area contributed by atoms with Crippen LogP contribution in [0.25, 0.3) is 11.3 Å². The molecule has 8 nitrogen and oxygen atoms in total. The molecule has 0 aliphatic carbocycles. The summed E-state index contributed by atoms with van der Waals surface area (Å²) < 4.78 is 5.54. The lowest BCUT2D eigenvalue weighted by Crippen LogP contribution is -2.30. The van der Waals surface area contributed by atoms with Gasteiger partial charge in [0.2, 0.25) is 0 Å². The van der Waals surface area contributed by atoms with E-state index < -0.39 is 0 Å². The van der Waals surface area contributed by atoms with Gasteiger partial charge in [-0.25, -0.2) is 4.98 Å². The lowest BCUT2D eigenvalue weighted by molar-refractivity contribution is 0.0702. The molecule has 1 aromatic carbocycles. The maximum atomic E-state index is 13.1. The summed E-state index contributed by atoms with van der Waals surface area (Å²) in [5.41, 5.74) is 4.50. The highest BCUT2D eigenvalue weighted by Gasteiger charge is 2.37. The van der Waals surface area contributed by atoms with Crippen molar-refractivity contribution < 1.29 is 9.21 Å². The summed E-state index contributed by atoms with van der Waals surface area (Å²) in [6.07, 6.45) is 7.72. The molecule has 8 heteroatoms. The van der Waals surface area contributed by atoms with Crippen LogP contribution in [0.4, 0.5) is 0 Å². The fourth-order valence-corrected chi connectivity index (χ4v) is 3.48. The van der Waals surface area contributed by atoms with E-state index in [4.69, 9.17) is 4.42 Å². The van der Waals surface area contributed by atoms with Crippen molar-refractivity contribution in [1.82, 2.24) is 30.3 Å². The van der Waals surface area contributed by atoms with Gasteiger partial charge in [0.1, 0.15) is 6.04 Å². The minimum atomic E-state index is -0.334. The molecule has 0 radical (unpaired) electrons. The number of fused-ring (bicyclic) bond motifs is 1. The number of benzene rings is 1. The number of hydrogen-bond acceptors (Lipinski definition) is 6. The Morgan fingerprint density at radius 1 is 1.15 bits per heavy atom. The highest BCUT2D eigenvalue weighted by atomic mass is 16.3. The minimum Gasteiger partial charge on any atom is -0.446 e. The van der Waals surface area contributed by atoms with E-state index in [0.717, 1.165) is 22.4 Å². The molecule has 0 saturated carbocycles. The maximum absolute atomic E-state index is 13.1. The van der Waals surface area contributed by atoms with E-state index in [-0.39, 0.29) is 11.9 Å². The van der Waals surface area contributed by atoms with Crippen LogP contribution in [0.2, 0.25) is 0 Å². The van der Waals surface area contributed by atoms with E-state index in [1.807, 2.05) is 18.2 Å². The van der Waals surface area contributed by atoms with Crippen LogP contribution in [0.5, 0.6) is 0 Å². The number of amides is 1. The number of carbonyl (C=O) groups excluding carboxylic acids is 1. The largest absolute Gasteiger partial charge is 0.446 e. The number of oxazole rings is 1. The summed E-state index contributed by atoms with van der Waals surface area (Å²) >= 11 is 0. The van der Waals surface area contributed by atoms with Crippen molar-refractivity contribution in [2.24, 2.45) is 0 Å². The van der Waals surface area contributed by atoms with Crippen LogP contribution in [0.3, 0.4) is 0 Å². The van der Waals surface area contributed by atoms with Crippen LogP contribution >= 0.6 is 0 Å². The zero-order valence-corrected chi connectivity index (χ0v) is 14.1. The van der Waals surface area contributed by atoms with Gasteiger partial charge in [0, 0.05) is 12.7 Å². The number of nitrogens with one attached hydrogen (secondary N) is 1. The van der Waals surface area contributed by atoms with E-state index in [9.17, 15) is 4.79 Å². The third-order valence-electron chi connectivity index (χ3n) is 4.71. The second kappa shape index (κ2) is 6.17. The van der Waals surface area contributed by atoms with Crippen molar-refractivity contribution in [3.63, 3.8) is 0 Å². The Balaban J connectivity index is 1.58. The van der Waals surface area contributed by atoms with E-state index in [1.165, 1.54) is 18.8 Å². The average molecular weight is 358 g/mol. The zero-order chi connectivity index (χ0) is 18.2. The Hall–Kier alpha value is -3.81. The van der Waals surface area contributed by atoms with Crippen molar-refractivity contribution in [2.45, 2.75) is 12.6 Å². The predicted octanol–water partition coefficient (Wildman–Crippen LogP) is 2.60. The van der Waals surface area contributed by atoms with Crippen molar-refractivity contribution >= 4 is 5.91 Å². The Bertz CT molecular complexity index is 1080. The molecular formula is C19H14N6O2. The SMILES string of the molecule is O=C(c1ccnnc1)N1Cc2cc(-c3ccn[nH]3)ccc2C1c1cnco1. The Morgan fingerprint density at radius 2 is 2.11 bits per heavy atom. The fraction of sp³-hybridized carbons (Fsp3) is 0.105. The van der Waals surface area contributed by atoms with Gasteiger partial charge in [0.15, 0.2) is 12.2 Å².